The maximum Gasteiger partial charge on any atom is 0.256 e. The van der Waals surface area contributed by atoms with E-state index < -0.39 is 31.0 Å². The number of imidazole rings is 1. The molecule has 1 saturated heterocycles. The summed E-state index contributed by atoms with van der Waals surface area (Å²) in [5.74, 6) is -0.239. The minimum absolute atomic E-state index is 0.0108. The highest BCUT2D eigenvalue weighted by atomic mass is 19.3. The van der Waals surface area contributed by atoms with E-state index in [0.29, 0.717) is 42.8 Å². The number of benzene rings is 1. The number of halogens is 4. The zero-order chi connectivity index (χ0) is 26.1. The van der Waals surface area contributed by atoms with Crippen LogP contribution in [0.2, 0.25) is 0 Å². The van der Waals surface area contributed by atoms with E-state index in [1.165, 1.54) is 28.6 Å². The third kappa shape index (κ3) is 5.05. The van der Waals surface area contributed by atoms with Gasteiger partial charge in [0.05, 0.1) is 38.1 Å². The van der Waals surface area contributed by atoms with E-state index >= 15 is 0 Å². The van der Waals surface area contributed by atoms with Crippen molar-refractivity contribution in [2.45, 2.75) is 31.6 Å². The van der Waals surface area contributed by atoms with Gasteiger partial charge in [0.25, 0.3) is 6.43 Å². The lowest BCUT2D eigenvalue weighted by Gasteiger charge is -2.34. The summed E-state index contributed by atoms with van der Waals surface area (Å²) in [6, 6.07) is 4.12. The fourth-order valence-corrected chi connectivity index (χ4v) is 4.72. The van der Waals surface area contributed by atoms with Gasteiger partial charge in [-0.15, -0.1) is 5.10 Å². The molecule has 37 heavy (non-hydrogen) atoms. The molecule has 9 nitrogen and oxygen atoms in total. The number of alkyl halides is 3. The van der Waals surface area contributed by atoms with Crippen molar-refractivity contribution >= 4 is 22.5 Å². The molecule has 1 aliphatic heterocycles. The highest BCUT2D eigenvalue weighted by Crippen LogP contribution is 2.34. The third-order valence-electron chi connectivity index (χ3n) is 6.55. The number of anilines is 1. The summed E-state index contributed by atoms with van der Waals surface area (Å²) < 4.78 is 69.0. The number of nitrogens with zero attached hydrogens (tertiary/aromatic N) is 6. The minimum atomic E-state index is -2.61. The first kappa shape index (κ1) is 25.2. The van der Waals surface area contributed by atoms with Gasteiger partial charge in [-0.05, 0) is 30.2 Å². The number of methoxy groups -OCH3 is 2. The molecular weight excluding hydrogens is 494 g/mol. The van der Waals surface area contributed by atoms with Crippen LogP contribution >= 0.6 is 0 Å². The first-order chi connectivity index (χ1) is 17.9. The molecule has 0 saturated carbocycles. The van der Waals surface area contributed by atoms with Gasteiger partial charge in [0, 0.05) is 38.5 Å². The Morgan fingerprint density at radius 1 is 1.24 bits per heavy atom. The summed E-state index contributed by atoms with van der Waals surface area (Å²) in [5.41, 5.74) is 1.69. The van der Waals surface area contributed by atoms with Crippen LogP contribution in [0.15, 0.2) is 30.7 Å². The van der Waals surface area contributed by atoms with Gasteiger partial charge in [-0.3, -0.25) is 4.90 Å². The summed E-state index contributed by atoms with van der Waals surface area (Å²) in [5, 5.41) is 7.54. The molecule has 0 spiro atoms. The van der Waals surface area contributed by atoms with Crippen LogP contribution in [0, 0.1) is 5.82 Å². The fraction of sp³-hybridized carbons (Fsp3) is 0.458. The van der Waals surface area contributed by atoms with Crippen LogP contribution < -0.4 is 10.1 Å². The second-order valence-corrected chi connectivity index (χ2v) is 8.93. The van der Waals surface area contributed by atoms with Crippen molar-refractivity contribution in [2.24, 2.45) is 0 Å². The molecule has 0 bridgehead atoms. The summed E-state index contributed by atoms with van der Waals surface area (Å²) in [4.78, 5) is 10.4. The van der Waals surface area contributed by atoms with E-state index in [4.69, 9.17) is 9.47 Å². The van der Waals surface area contributed by atoms with Gasteiger partial charge in [-0.25, -0.2) is 27.1 Å². The smallest absolute Gasteiger partial charge is 0.256 e. The zero-order valence-electron chi connectivity index (χ0n) is 20.4. The lowest BCUT2D eigenvalue weighted by molar-refractivity contribution is 0.0918. The third-order valence-corrected chi connectivity index (χ3v) is 6.55. The highest BCUT2D eigenvalue weighted by molar-refractivity contribution is 5.90. The molecule has 1 fully saturated rings. The molecule has 1 N–H and O–H groups in total. The number of hydrogen-bond acceptors (Lipinski definition) is 7. The van der Waals surface area contributed by atoms with Crippen LogP contribution in [0.3, 0.4) is 0 Å². The van der Waals surface area contributed by atoms with Crippen LogP contribution in [0.5, 0.6) is 5.88 Å². The number of hydrogen-bond donors (Lipinski definition) is 1. The van der Waals surface area contributed by atoms with Gasteiger partial charge in [-0.1, -0.05) is 0 Å². The molecule has 4 aromatic rings. The number of fused-ring (bicyclic) bond motifs is 2. The Hall–Kier alpha value is -3.45. The number of aromatic nitrogens is 5. The second kappa shape index (κ2) is 10.5. The van der Waals surface area contributed by atoms with Gasteiger partial charge in [-0.2, -0.15) is 4.98 Å². The number of ether oxygens (including phenoxy) is 2. The summed E-state index contributed by atoms with van der Waals surface area (Å²) in [6.45, 7) is 1.61. The largest absolute Gasteiger partial charge is 0.479 e. The quantitative estimate of drug-likeness (QED) is 0.337. The summed E-state index contributed by atoms with van der Waals surface area (Å²) in [6.07, 6.45) is -0.316. The van der Waals surface area contributed by atoms with Crippen molar-refractivity contribution in [3.05, 3.63) is 36.5 Å². The second-order valence-electron chi connectivity index (χ2n) is 8.93. The minimum Gasteiger partial charge on any atom is -0.479 e. The van der Waals surface area contributed by atoms with E-state index in [1.54, 1.807) is 25.4 Å². The molecule has 0 unspecified atom stereocenters. The van der Waals surface area contributed by atoms with Crippen molar-refractivity contribution in [3.63, 3.8) is 0 Å². The highest BCUT2D eigenvalue weighted by Gasteiger charge is 2.30. The molecule has 4 heterocycles. The normalized spacial score (nSPS) is 18.8. The van der Waals surface area contributed by atoms with Gasteiger partial charge in [0.15, 0.2) is 5.82 Å². The molecule has 13 heteroatoms. The molecule has 2 atom stereocenters. The zero-order valence-corrected chi connectivity index (χ0v) is 20.4. The Morgan fingerprint density at radius 2 is 2.08 bits per heavy atom. The SMILES string of the molecule is COCCN1CC[C@H](Nc2nc(OC)c3c(-c4cc(F)c5ncn(CC(F)F)c5c4)ccn3n2)[C@H](F)C1. The van der Waals surface area contributed by atoms with Crippen molar-refractivity contribution in [1.29, 1.82) is 0 Å². The van der Waals surface area contributed by atoms with Gasteiger partial charge < -0.3 is 19.4 Å². The van der Waals surface area contributed by atoms with Crippen molar-refractivity contribution in [3.8, 4) is 17.0 Å². The monoisotopic (exact) mass is 521 g/mol. The molecule has 0 radical (unpaired) electrons. The Bertz CT molecular complexity index is 1390. The van der Waals surface area contributed by atoms with Crippen molar-refractivity contribution in [1.82, 2.24) is 29.0 Å². The van der Waals surface area contributed by atoms with Crippen LogP contribution in [0.1, 0.15) is 6.42 Å². The molecule has 1 aliphatic rings. The molecule has 0 aliphatic carbocycles. The van der Waals surface area contributed by atoms with Crippen LogP contribution in [0.4, 0.5) is 23.5 Å². The number of piperidine rings is 1. The molecule has 198 valence electrons. The Balaban J connectivity index is 1.45. The maximum absolute atomic E-state index is 14.9. The van der Waals surface area contributed by atoms with E-state index in [9.17, 15) is 17.6 Å². The van der Waals surface area contributed by atoms with E-state index in [0.717, 1.165) is 0 Å². The molecule has 0 amide bonds. The van der Waals surface area contributed by atoms with Crippen LogP contribution in [-0.4, -0.2) is 88.1 Å². The average Bonchev–Trinajstić information content (AvgIpc) is 3.48. The number of rotatable bonds is 9. The predicted molar refractivity (Wildman–Crippen MR) is 129 cm³/mol. The lowest BCUT2D eigenvalue weighted by Crippen LogP contribution is -2.48. The maximum atomic E-state index is 14.9. The van der Waals surface area contributed by atoms with E-state index in [-0.39, 0.29) is 29.4 Å². The number of nitrogens with one attached hydrogen (secondary N) is 1. The summed E-state index contributed by atoms with van der Waals surface area (Å²) in [7, 11) is 3.06. The Labute approximate surface area is 210 Å². The molecule has 5 rings (SSSR count). The predicted octanol–water partition coefficient (Wildman–Crippen LogP) is 3.63. The van der Waals surface area contributed by atoms with E-state index in [1.807, 2.05) is 4.90 Å². The van der Waals surface area contributed by atoms with E-state index in [2.05, 4.69) is 20.4 Å². The standard InChI is InChI=1S/C24H27F4N7O2/c1-36-8-7-33-5-4-18(17(26)11-33)30-24-31-23(37-2)22-15(3-6-35(22)32-24)14-9-16(25)21-19(10-14)34(13-29-21)12-20(27)28/h3,6,9-10,13,17-18,20H,4-5,7-8,11-12H2,1-2H3,(H,30,32)/t17-,18+/m1/s1. The van der Waals surface area contributed by atoms with Crippen molar-refractivity contribution in [2.75, 3.05) is 45.8 Å². The molecular formula is C24H27F4N7O2. The van der Waals surface area contributed by atoms with Crippen LogP contribution in [-0.2, 0) is 11.3 Å². The first-order valence-electron chi connectivity index (χ1n) is 11.9. The Morgan fingerprint density at radius 3 is 2.81 bits per heavy atom. The van der Waals surface area contributed by atoms with Gasteiger partial charge in [0.1, 0.15) is 17.2 Å². The average molecular weight is 522 g/mol. The lowest BCUT2D eigenvalue weighted by atomic mass is 10.0. The fourth-order valence-electron chi connectivity index (χ4n) is 4.72. The molecule has 3 aromatic heterocycles. The number of likely N-dealkylation sites (tertiary alicyclic amines) is 1. The van der Waals surface area contributed by atoms with Crippen molar-refractivity contribution < 1.29 is 27.0 Å². The van der Waals surface area contributed by atoms with Gasteiger partial charge in [0.2, 0.25) is 11.8 Å². The topological polar surface area (TPSA) is 81.7 Å². The molecule has 1 aromatic carbocycles. The first-order valence-corrected chi connectivity index (χ1v) is 11.9. The Kier molecular flexibility index (Phi) is 7.15. The summed E-state index contributed by atoms with van der Waals surface area (Å²) >= 11 is 0. The van der Waals surface area contributed by atoms with Crippen LogP contribution in [0.25, 0.3) is 27.7 Å². The van der Waals surface area contributed by atoms with Gasteiger partial charge >= 0.3 is 0 Å².